The van der Waals surface area contributed by atoms with Gasteiger partial charge in [-0.3, -0.25) is 14.7 Å². The van der Waals surface area contributed by atoms with Crippen LogP contribution in [0.5, 0.6) is 0 Å². The summed E-state index contributed by atoms with van der Waals surface area (Å²) >= 11 is 0. The maximum atomic E-state index is 12.5. The Morgan fingerprint density at radius 2 is 1.83 bits per heavy atom. The molecule has 1 fully saturated rings. The molecule has 236 valence electrons. The minimum Gasteiger partial charge on any atom is -0.439 e. The van der Waals surface area contributed by atoms with Crippen molar-refractivity contribution in [1.82, 2.24) is 29.7 Å². The molecule has 2 N–H and O–H groups in total. The quantitative estimate of drug-likeness (QED) is 0.240. The van der Waals surface area contributed by atoms with Crippen LogP contribution in [0.3, 0.4) is 0 Å². The topological polar surface area (TPSA) is 111 Å². The highest BCUT2D eigenvalue weighted by Gasteiger charge is 2.30. The van der Waals surface area contributed by atoms with E-state index in [9.17, 15) is 9.90 Å². The Morgan fingerprint density at radius 3 is 2.59 bits per heavy atom. The van der Waals surface area contributed by atoms with Gasteiger partial charge in [0.15, 0.2) is 5.82 Å². The number of aromatic nitrogens is 3. The summed E-state index contributed by atoms with van der Waals surface area (Å²) in [6, 6.07) is 16.6. The van der Waals surface area contributed by atoms with E-state index in [0.29, 0.717) is 37.9 Å². The number of rotatable bonds is 8. The third-order valence-electron chi connectivity index (χ3n) is 9.01. The molecule has 5 aromatic rings. The van der Waals surface area contributed by atoms with Crippen LogP contribution < -0.4 is 5.32 Å². The van der Waals surface area contributed by atoms with Crippen LogP contribution in [0.2, 0.25) is 0 Å². The Hall–Kier alpha value is -4.64. The van der Waals surface area contributed by atoms with Crippen LogP contribution in [0.1, 0.15) is 34.6 Å². The summed E-state index contributed by atoms with van der Waals surface area (Å²) in [5, 5.41) is 14.5. The molecule has 1 amide bonds. The van der Waals surface area contributed by atoms with E-state index in [-0.39, 0.29) is 12.0 Å². The molecule has 10 heteroatoms. The highest BCUT2D eigenvalue weighted by Crippen LogP contribution is 2.38. The van der Waals surface area contributed by atoms with Crippen molar-refractivity contribution in [2.75, 3.05) is 39.0 Å². The van der Waals surface area contributed by atoms with E-state index in [1.807, 2.05) is 49.6 Å². The molecule has 2 aliphatic heterocycles. The number of benzene rings is 2. The molecule has 1 saturated heterocycles. The van der Waals surface area contributed by atoms with Gasteiger partial charge in [-0.15, -0.1) is 0 Å². The van der Waals surface area contributed by atoms with Crippen molar-refractivity contribution in [3.05, 3.63) is 89.1 Å². The first kappa shape index (κ1) is 30.0. The average molecular weight is 618 g/mol. The van der Waals surface area contributed by atoms with Gasteiger partial charge in [-0.05, 0) is 86.4 Å². The molecule has 0 radical (unpaired) electrons. The van der Waals surface area contributed by atoms with E-state index in [2.05, 4.69) is 59.4 Å². The van der Waals surface area contributed by atoms with E-state index in [1.54, 1.807) is 4.90 Å². The number of carbonyl (C=O) groups excluding carboxylic acids is 1. The monoisotopic (exact) mass is 617 g/mol. The van der Waals surface area contributed by atoms with Crippen molar-refractivity contribution in [1.29, 1.82) is 0 Å². The highest BCUT2D eigenvalue weighted by atomic mass is 16.4. The Morgan fingerprint density at radius 1 is 1.04 bits per heavy atom. The lowest BCUT2D eigenvalue weighted by atomic mass is 9.93. The smallest absolute Gasteiger partial charge is 0.237 e. The van der Waals surface area contributed by atoms with E-state index >= 15 is 0 Å². The van der Waals surface area contributed by atoms with Crippen molar-refractivity contribution in [2.24, 2.45) is 0 Å². The summed E-state index contributed by atoms with van der Waals surface area (Å²) in [5.41, 5.74) is 9.03. The van der Waals surface area contributed by atoms with E-state index < -0.39 is 0 Å². The van der Waals surface area contributed by atoms with Gasteiger partial charge in [0, 0.05) is 48.7 Å². The number of amides is 1. The number of β-amino-alcohol motifs (C(OH)–C–C–N with tert-alkyl or cyclic N) is 1. The first-order valence-electron chi connectivity index (χ1n) is 15.8. The molecular weight excluding hydrogens is 578 g/mol. The van der Waals surface area contributed by atoms with Crippen LogP contribution in [0.25, 0.3) is 33.5 Å². The summed E-state index contributed by atoms with van der Waals surface area (Å²) in [5.74, 6) is 2.12. The van der Waals surface area contributed by atoms with E-state index in [0.717, 1.165) is 80.9 Å². The number of nitrogens with one attached hydrogen (secondary N) is 1. The highest BCUT2D eigenvalue weighted by molar-refractivity contribution is 5.91. The molecule has 46 heavy (non-hydrogen) atoms. The zero-order valence-corrected chi connectivity index (χ0v) is 26.7. The maximum Gasteiger partial charge on any atom is 0.237 e. The molecule has 0 bridgehead atoms. The summed E-state index contributed by atoms with van der Waals surface area (Å²) < 4.78 is 6.23. The second kappa shape index (κ2) is 12.3. The lowest BCUT2D eigenvalue weighted by molar-refractivity contribution is -0.132. The van der Waals surface area contributed by atoms with Crippen molar-refractivity contribution in [3.8, 4) is 22.6 Å². The van der Waals surface area contributed by atoms with Crippen LogP contribution in [0.4, 0.5) is 11.5 Å². The Labute approximate surface area is 268 Å². The Balaban J connectivity index is 1.13. The molecule has 1 unspecified atom stereocenters. The lowest BCUT2D eigenvalue weighted by Crippen LogP contribution is -2.34. The van der Waals surface area contributed by atoms with Gasteiger partial charge in [0.2, 0.25) is 11.8 Å². The van der Waals surface area contributed by atoms with Gasteiger partial charge in [-0.2, -0.15) is 0 Å². The standard InChI is InChI=1S/C36H39N7O3/c1-22-27(7-5-9-29(22)36-40-31-19-43(20-32(31)46-36)33(45)21-41(3)4)28-8-6-10-30(23(28)2)39-35-34-25(11-13-37-35)15-24(16-38-34)17-42-14-12-26(44)18-42/h5-11,13,15-16,26,44H,12,14,17-21H2,1-4H3,(H,37,39). The molecule has 3 aromatic heterocycles. The number of aliphatic hydroxyl groups is 1. The summed E-state index contributed by atoms with van der Waals surface area (Å²) in [7, 11) is 3.78. The molecule has 1 atom stereocenters. The average Bonchev–Trinajstić information content (AvgIpc) is 3.73. The molecule has 7 rings (SSSR count). The number of hydrogen-bond donors (Lipinski definition) is 2. The minimum absolute atomic E-state index is 0.0696. The third-order valence-corrected chi connectivity index (χ3v) is 9.01. The number of nitrogens with zero attached hydrogens (tertiary/aromatic N) is 6. The predicted molar refractivity (Wildman–Crippen MR) is 178 cm³/mol. The van der Waals surface area contributed by atoms with Crippen molar-refractivity contribution in [2.45, 2.75) is 46.0 Å². The number of fused-ring (bicyclic) bond motifs is 2. The van der Waals surface area contributed by atoms with Crippen LogP contribution in [-0.2, 0) is 24.4 Å². The predicted octanol–water partition coefficient (Wildman–Crippen LogP) is 5.28. The van der Waals surface area contributed by atoms with Crippen molar-refractivity contribution in [3.63, 3.8) is 0 Å². The fourth-order valence-electron chi connectivity index (χ4n) is 6.55. The number of anilines is 2. The number of carbonyl (C=O) groups is 1. The maximum absolute atomic E-state index is 12.5. The number of aliphatic hydroxyl groups excluding tert-OH is 1. The van der Waals surface area contributed by atoms with Crippen LogP contribution >= 0.6 is 0 Å². The summed E-state index contributed by atoms with van der Waals surface area (Å²) in [6.45, 7) is 7.88. The molecule has 2 aromatic carbocycles. The van der Waals surface area contributed by atoms with Gasteiger partial charge in [0.25, 0.3) is 0 Å². The number of likely N-dealkylation sites (tertiary alicyclic amines) is 1. The minimum atomic E-state index is -0.237. The second-order valence-corrected chi connectivity index (χ2v) is 12.7. The van der Waals surface area contributed by atoms with Crippen LogP contribution in [0.15, 0.2) is 65.3 Å². The molecule has 0 spiro atoms. The number of hydrogen-bond acceptors (Lipinski definition) is 9. The normalized spacial score (nSPS) is 16.5. The Bertz CT molecular complexity index is 1910. The molecule has 0 saturated carbocycles. The van der Waals surface area contributed by atoms with Crippen LogP contribution in [0, 0.1) is 13.8 Å². The molecule has 10 nitrogen and oxygen atoms in total. The zero-order chi connectivity index (χ0) is 31.9. The molecular formula is C36H39N7O3. The zero-order valence-electron chi connectivity index (χ0n) is 26.7. The van der Waals surface area contributed by atoms with E-state index in [1.165, 1.54) is 0 Å². The number of pyridine rings is 2. The SMILES string of the molecule is Cc1c(Nc2nccc3cc(CN4CCC(O)C4)cnc23)cccc1-c1cccc(-c2nc3c(o2)CN(C(=O)CN(C)C)C3)c1C. The van der Waals surface area contributed by atoms with Gasteiger partial charge < -0.3 is 24.6 Å². The summed E-state index contributed by atoms with van der Waals surface area (Å²) in [4.78, 5) is 32.7. The Kier molecular flexibility index (Phi) is 8.02. The molecule has 0 aliphatic carbocycles. The fourth-order valence-corrected chi connectivity index (χ4v) is 6.55. The van der Waals surface area contributed by atoms with Crippen LogP contribution in [-0.4, -0.2) is 80.5 Å². The molecule has 2 aliphatic rings. The lowest BCUT2D eigenvalue weighted by Gasteiger charge is -2.18. The second-order valence-electron chi connectivity index (χ2n) is 12.7. The van der Waals surface area contributed by atoms with Crippen molar-refractivity contribution < 1.29 is 14.3 Å². The number of oxazole rings is 1. The largest absolute Gasteiger partial charge is 0.439 e. The van der Waals surface area contributed by atoms with E-state index in [4.69, 9.17) is 14.4 Å². The van der Waals surface area contributed by atoms with Gasteiger partial charge >= 0.3 is 0 Å². The third kappa shape index (κ3) is 5.87. The van der Waals surface area contributed by atoms with Gasteiger partial charge in [-0.25, -0.2) is 9.97 Å². The van der Waals surface area contributed by atoms with Gasteiger partial charge in [0.05, 0.1) is 25.7 Å². The number of likely N-dealkylation sites (N-methyl/N-ethyl adjacent to an activating group) is 1. The molecule has 5 heterocycles. The van der Waals surface area contributed by atoms with Gasteiger partial charge in [-0.1, -0.05) is 24.3 Å². The van der Waals surface area contributed by atoms with Crippen molar-refractivity contribution >= 4 is 28.3 Å². The first-order valence-corrected chi connectivity index (χ1v) is 15.8. The first-order chi connectivity index (χ1) is 22.2. The summed E-state index contributed by atoms with van der Waals surface area (Å²) in [6.07, 6.45) is 4.31. The fraction of sp³-hybridized carbons (Fsp3) is 0.333. The van der Waals surface area contributed by atoms with Gasteiger partial charge in [0.1, 0.15) is 17.0 Å².